The highest BCUT2D eigenvalue weighted by Crippen LogP contribution is 2.14. The maximum absolute atomic E-state index is 11.7. The van der Waals surface area contributed by atoms with E-state index in [9.17, 15) is 8.78 Å². The Balaban J connectivity index is 2.60. The fourth-order valence-corrected chi connectivity index (χ4v) is 0.376. The average Bonchev–Trinajstić information content (AvgIpc) is 1.77. The molecule has 1 rings (SSSR count). The van der Waals surface area contributed by atoms with Crippen molar-refractivity contribution in [2.75, 3.05) is 13.2 Å². The molecule has 1 heterocycles. The first kappa shape index (κ1) is 5.34. The molecule has 0 radical (unpaired) electrons. The first-order valence-corrected chi connectivity index (χ1v) is 2.11. The van der Waals surface area contributed by atoms with Gasteiger partial charge in [-0.2, -0.15) is 8.78 Å². The van der Waals surface area contributed by atoms with E-state index in [0.29, 0.717) is 0 Å². The van der Waals surface area contributed by atoms with Crippen molar-refractivity contribution < 1.29 is 18.3 Å². The lowest BCUT2D eigenvalue weighted by Gasteiger charge is -2.10. The average molecular weight is 122 g/mol. The Morgan fingerprint density at radius 2 is 1.38 bits per heavy atom. The van der Waals surface area contributed by atoms with Crippen molar-refractivity contribution >= 4 is 0 Å². The fourth-order valence-electron chi connectivity index (χ4n) is 0.376. The van der Waals surface area contributed by atoms with E-state index in [4.69, 9.17) is 0 Å². The van der Waals surface area contributed by atoms with E-state index in [2.05, 4.69) is 9.47 Å². The van der Waals surface area contributed by atoms with Gasteiger partial charge in [-0.1, -0.05) is 0 Å². The molecule has 0 saturated carbocycles. The Morgan fingerprint density at radius 1 is 1.00 bits per heavy atom. The predicted octanol–water partition coefficient (Wildman–Crippen LogP) is 1.10. The Morgan fingerprint density at radius 3 is 1.62 bits per heavy atom. The van der Waals surface area contributed by atoms with Crippen molar-refractivity contribution in [1.29, 1.82) is 0 Å². The van der Waals surface area contributed by atoms with Crippen LogP contribution in [0.4, 0.5) is 8.78 Å². The largest absolute Gasteiger partial charge is 0.463 e. The van der Waals surface area contributed by atoms with Crippen LogP contribution in [0.2, 0.25) is 0 Å². The smallest absolute Gasteiger partial charge is 0.347 e. The monoisotopic (exact) mass is 122 g/mol. The molecule has 0 aromatic heterocycles. The summed E-state index contributed by atoms with van der Waals surface area (Å²) >= 11 is 0. The van der Waals surface area contributed by atoms with Gasteiger partial charge in [0.2, 0.25) is 0 Å². The van der Waals surface area contributed by atoms with Crippen LogP contribution in [0, 0.1) is 0 Å². The Kier molecular flexibility index (Phi) is 1.32. The third kappa shape index (κ3) is 0.882. The van der Waals surface area contributed by atoms with E-state index in [1.54, 1.807) is 0 Å². The zero-order valence-electron chi connectivity index (χ0n) is 3.99. The maximum Gasteiger partial charge on any atom is 0.347 e. The third-order valence-electron chi connectivity index (χ3n) is 0.695. The molecule has 0 aromatic carbocycles. The van der Waals surface area contributed by atoms with Gasteiger partial charge in [0, 0.05) is 0 Å². The van der Waals surface area contributed by atoms with Gasteiger partial charge < -0.3 is 9.47 Å². The molecule has 8 heavy (non-hydrogen) atoms. The van der Waals surface area contributed by atoms with Gasteiger partial charge in [-0.05, 0) is 0 Å². The number of hydrogen-bond donors (Lipinski definition) is 0. The van der Waals surface area contributed by atoms with E-state index in [1.165, 1.54) is 0 Å². The molecule has 0 saturated heterocycles. The molecule has 46 valence electrons. The van der Waals surface area contributed by atoms with Crippen LogP contribution in [0.25, 0.3) is 0 Å². The first-order chi connectivity index (χ1) is 3.80. The summed E-state index contributed by atoms with van der Waals surface area (Å²) in [7, 11) is 0. The van der Waals surface area contributed by atoms with E-state index in [-0.39, 0.29) is 13.2 Å². The molecule has 0 fully saturated rings. The summed E-state index contributed by atoms with van der Waals surface area (Å²) in [6.45, 7) is 0.165. The second kappa shape index (κ2) is 1.98. The van der Waals surface area contributed by atoms with Crippen LogP contribution in [0.3, 0.4) is 0 Å². The van der Waals surface area contributed by atoms with E-state index >= 15 is 0 Å². The zero-order valence-corrected chi connectivity index (χ0v) is 3.99. The molecule has 1 aliphatic rings. The SMILES string of the molecule is FC1=C(F)OCCO1. The van der Waals surface area contributed by atoms with Gasteiger partial charge in [-0.3, -0.25) is 0 Å². The second-order valence-electron chi connectivity index (χ2n) is 1.24. The second-order valence-corrected chi connectivity index (χ2v) is 1.24. The summed E-state index contributed by atoms with van der Waals surface area (Å²) in [5.74, 6) is 0. The molecular formula is C4H4F2O2. The Bertz CT molecular complexity index is 107. The maximum atomic E-state index is 11.7. The van der Waals surface area contributed by atoms with Crippen molar-refractivity contribution in [3.05, 3.63) is 12.0 Å². The van der Waals surface area contributed by atoms with Crippen molar-refractivity contribution in [2.24, 2.45) is 0 Å². The van der Waals surface area contributed by atoms with Gasteiger partial charge in [0.15, 0.2) is 0 Å². The van der Waals surface area contributed by atoms with Crippen LogP contribution in [0.15, 0.2) is 12.0 Å². The molecule has 2 nitrogen and oxygen atoms in total. The lowest BCUT2D eigenvalue weighted by Crippen LogP contribution is -2.08. The summed E-state index contributed by atoms with van der Waals surface area (Å²) in [5.41, 5.74) is 0. The Hall–Kier alpha value is -0.800. The van der Waals surface area contributed by atoms with Gasteiger partial charge in [0.05, 0.1) is 0 Å². The topological polar surface area (TPSA) is 18.5 Å². The highest BCUT2D eigenvalue weighted by molar-refractivity contribution is 4.84. The zero-order chi connectivity index (χ0) is 5.98. The van der Waals surface area contributed by atoms with Crippen LogP contribution in [-0.4, -0.2) is 13.2 Å². The molecule has 0 spiro atoms. The van der Waals surface area contributed by atoms with Crippen molar-refractivity contribution in [3.8, 4) is 0 Å². The lowest BCUT2D eigenvalue weighted by atomic mass is 10.7. The van der Waals surface area contributed by atoms with Gasteiger partial charge in [0.1, 0.15) is 13.2 Å². The molecule has 0 N–H and O–H groups in total. The minimum absolute atomic E-state index is 0.0826. The molecule has 1 aliphatic heterocycles. The first-order valence-electron chi connectivity index (χ1n) is 2.11. The molecule has 0 aliphatic carbocycles. The summed E-state index contributed by atoms with van der Waals surface area (Å²) in [6, 6.07) is -2.51. The minimum Gasteiger partial charge on any atom is -0.463 e. The van der Waals surface area contributed by atoms with Gasteiger partial charge in [-0.15, -0.1) is 0 Å². The standard InChI is InChI=1S/C4H4F2O2/c5-3-4(6)8-2-1-7-3/h1-2H2. The van der Waals surface area contributed by atoms with Crippen molar-refractivity contribution in [2.45, 2.75) is 0 Å². The molecule has 0 amide bonds. The van der Waals surface area contributed by atoms with Crippen molar-refractivity contribution in [1.82, 2.24) is 0 Å². The lowest BCUT2D eigenvalue weighted by molar-refractivity contribution is -0.00515. The van der Waals surface area contributed by atoms with Crippen LogP contribution < -0.4 is 0 Å². The molecule has 0 unspecified atom stereocenters. The van der Waals surface area contributed by atoms with E-state index < -0.39 is 12.0 Å². The quantitative estimate of drug-likeness (QED) is 0.479. The highest BCUT2D eigenvalue weighted by Gasteiger charge is 2.13. The molecule has 0 bridgehead atoms. The van der Waals surface area contributed by atoms with Crippen LogP contribution in [-0.2, 0) is 9.47 Å². The molecule has 4 heteroatoms. The van der Waals surface area contributed by atoms with Gasteiger partial charge >= 0.3 is 12.0 Å². The molecular weight excluding hydrogens is 118 g/mol. The molecule has 0 atom stereocenters. The summed E-state index contributed by atoms with van der Waals surface area (Å²) in [4.78, 5) is 0. The Labute approximate surface area is 44.7 Å². The van der Waals surface area contributed by atoms with Gasteiger partial charge in [0.25, 0.3) is 0 Å². The number of ether oxygens (including phenoxy) is 2. The van der Waals surface area contributed by atoms with Gasteiger partial charge in [-0.25, -0.2) is 0 Å². The van der Waals surface area contributed by atoms with Crippen LogP contribution in [0.5, 0.6) is 0 Å². The summed E-state index contributed by atoms with van der Waals surface area (Å²) < 4.78 is 31.7. The molecule has 0 aromatic rings. The van der Waals surface area contributed by atoms with Crippen LogP contribution in [0.1, 0.15) is 0 Å². The van der Waals surface area contributed by atoms with E-state index in [0.717, 1.165) is 0 Å². The highest BCUT2D eigenvalue weighted by atomic mass is 19.2. The number of hydrogen-bond acceptors (Lipinski definition) is 2. The number of rotatable bonds is 0. The number of halogens is 2. The van der Waals surface area contributed by atoms with E-state index in [1.807, 2.05) is 0 Å². The fraction of sp³-hybridized carbons (Fsp3) is 0.500. The third-order valence-corrected chi connectivity index (χ3v) is 0.695. The van der Waals surface area contributed by atoms with Crippen molar-refractivity contribution in [3.63, 3.8) is 0 Å². The predicted molar refractivity (Wildman–Crippen MR) is 21.1 cm³/mol. The normalized spacial score (nSPS) is 19.8. The van der Waals surface area contributed by atoms with Crippen LogP contribution >= 0.6 is 0 Å². The minimum atomic E-state index is -1.25. The summed E-state index contributed by atoms with van der Waals surface area (Å²) in [5, 5.41) is 0. The summed E-state index contributed by atoms with van der Waals surface area (Å²) in [6.07, 6.45) is 0.